The highest BCUT2D eigenvalue weighted by atomic mass is 35.5. The Morgan fingerprint density at radius 1 is 1.53 bits per heavy atom. The van der Waals surface area contributed by atoms with E-state index in [0.29, 0.717) is 16.6 Å². The molecule has 0 bridgehead atoms. The predicted molar refractivity (Wildman–Crippen MR) is 77.7 cm³/mol. The third-order valence-electron chi connectivity index (χ3n) is 2.87. The van der Waals surface area contributed by atoms with E-state index >= 15 is 0 Å². The molecule has 1 unspecified atom stereocenters. The first kappa shape index (κ1) is 14.4. The Labute approximate surface area is 112 Å². The highest BCUT2D eigenvalue weighted by Crippen LogP contribution is 2.25. The number of hydrogen-bond acceptors (Lipinski definition) is 3. The van der Waals surface area contributed by atoms with Gasteiger partial charge in [-0.15, -0.1) is 0 Å². The average molecular weight is 272 g/mol. The van der Waals surface area contributed by atoms with Crippen LogP contribution in [0.1, 0.15) is 23.7 Å². The summed E-state index contributed by atoms with van der Waals surface area (Å²) in [5.41, 5.74) is 1.60. The maximum Gasteiger partial charge on any atom is 0.152 e. The molecular weight excluding hydrogens is 254 g/mol. The summed E-state index contributed by atoms with van der Waals surface area (Å²) in [5, 5.41) is 0.599. The zero-order valence-electron chi connectivity index (χ0n) is 10.4. The van der Waals surface area contributed by atoms with Gasteiger partial charge in [0, 0.05) is 35.1 Å². The molecule has 0 aromatic heterocycles. The second kappa shape index (κ2) is 6.92. The van der Waals surface area contributed by atoms with Crippen LogP contribution in [0.15, 0.2) is 18.2 Å². The van der Waals surface area contributed by atoms with Crippen LogP contribution in [-0.4, -0.2) is 31.4 Å². The zero-order chi connectivity index (χ0) is 12.8. The minimum absolute atomic E-state index is 0.435. The van der Waals surface area contributed by atoms with Gasteiger partial charge in [-0.05, 0) is 30.9 Å². The highest BCUT2D eigenvalue weighted by Gasteiger charge is 2.15. The second-order valence-electron chi connectivity index (χ2n) is 3.95. The Balaban J connectivity index is 3.01. The van der Waals surface area contributed by atoms with E-state index in [1.807, 2.05) is 30.9 Å². The number of rotatable bonds is 6. The fraction of sp³-hybridized carbons (Fsp3) is 0.462. The predicted octanol–water partition coefficient (Wildman–Crippen LogP) is 3.73. The third-order valence-corrected chi connectivity index (χ3v) is 3.83. The van der Waals surface area contributed by atoms with E-state index in [4.69, 9.17) is 11.6 Å². The number of halogens is 1. The van der Waals surface area contributed by atoms with E-state index < -0.39 is 0 Å². The monoisotopic (exact) mass is 271 g/mol. The van der Waals surface area contributed by atoms with E-state index in [-0.39, 0.29) is 0 Å². The smallest absolute Gasteiger partial charge is 0.152 e. The fourth-order valence-electron chi connectivity index (χ4n) is 1.83. The van der Waals surface area contributed by atoms with Crippen molar-refractivity contribution in [3.63, 3.8) is 0 Å². The van der Waals surface area contributed by atoms with Crippen molar-refractivity contribution in [2.24, 2.45) is 0 Å². The van der Waals surface area contributed by atoms with Crippen molar-refractivity contribution in [2.45, 2.75) is 19.4 Å². The molecule has 0 fully saturated rings. The SMILES string of the molecule is CCC(CSC)N(C)c1ccc(Cl)cc1C=O. The van der Waals surface area contributed by atoms with Crippen LogP contribution in [0.3, 0.4) is 0 Å². The lowest BCUT2D eigenvalue weighted by Crippen LogP contribution is -2.33. The molecule has 0 N–H and O–H groups in total. The van der Waals surface area contributed by atoms with Crippen molar-refractivity contribution in [3.8, 4) is 0 Å². The van der Waals surface area contributed by atoms with Crippen LogP contribution in [-0.2, 0) is 0 Å². The normalized spacial score (nSPS) is 12.2. The molecule has 1 aromatic rings. The van der Waals surface area contributed by atoms with Crippen LogP contribution in [0, 0.1) is 0 Å². The number of carbonyl (C=O) groups is 1. The van der Waals surface area contributed by atoms with Gasteiger partial charge in [0.05, 0.1) is 0 Å². The van der Waals surface area contributed by atoms with E-state index in [2.05, 4.69) is 18.1 Å². The number of hydrogen-bond donors (Lipinski definition) is 0. The number of benzene rings is 1. The van der Waals surface area contributed by atoms with Gasteiger partial charge in [-0.25, -0.2) is 0 Å². The molecular formula is C13H18ClNOS. The van der Waals surface area contributed by atoms with Crippen molar-refractivity contribution in [1.82, 2.24) is 0 Å². The summed E-state index contributed by atoms with van der Waals surface area (Å²) in [5.74, 6) is 1.05. The standard InChI is InChI=1S/C13H18ClNOS/c1-4-12(9-17-3)15(2)13-6-5-11(14)7-10(13)8-16/h5-8,12H,4,9H2,1-3H3. The van der Waals surface area contributed by atoms with Gasteiger partial charge in [0.2, 0.25) is 0 Å². The maximum atomic E-state index is 11.1. The van der Waals surface area contributed by atoms with Crippen molar-refractivity contribution in [3.05, 3.63) is 28.8 Å². The molecule has 1 rings (SSSR count). The van der Waals surface area contributed by atoms with Gasteiger partial charge in [0.1, 0.15) is 0 Å². The Bertz CT molecular complexity index is 384. The van der Waals surface area contributed by atoms with Crippen molar-refractivity contribution < 1.29 is 4.79 Å². The average Bonchev–Trinajstić information content (AvgIpc) is 2.34. The first-order chi connectivity index (χ1) is 8.13. The molecule has 0 aliphatic carbocycles. The summed E-state index contributed by atoms with van der Waals surface area (Å²) in [6, 6.07) is 5.89. The zero-order valence-corrected chi connectivity index (χ0v) is 12.0. The molecule has 0 heterocycles. The Kier molecular flexibility index (Phi) is 5.86. The Morgan fingerprint density at radius 2 is 2.24 bits per heavy atom. The minimum atomic E-state index is 0.435. The summed E-state index contributed by atoms with van der Waals surface area (Å²) >= 11 is 7.71. The lowest BCUT2D eigenvalue weighted by Gasteiger charge is -2.29. The van der Waals surface area contributed by atoms with Gasteiger partial charge in [-0.2, -0.15) is 11.8 Å². The van der Waals surface area contributed by atoms with E-state index in [9.17, 15) is 4.79 Å². The number of carbonyl (C=O) groups excluding carboxylic acids is 1. The quantitative estimate of drug-likeness (QED) is 0.736. The van der Waals surface area contributed by atoms with Crippen molar-refractivity contribution in [2.75, 3.05) is 24.0 Å². The molecule has 0 spiro atoms. The van der Waals surface area contributed by atoms with Crippen LogP contribution in [0.4, 0.5) is 5.69 Å². The lowest BCUT2D eigenvalue weighted by molar-refractivity contribution is 0.112. The molecule has 17 heavy (non-hydrogen) atoms. The maximum absolute atomic E-state index is 11.1. The molecule has 0 aliphatic rings. The molecule has 4 heteroatoms. The van der Waals surface area contributed by atoms with E-state index in [1.54, 1.807) is 6.07 Å². The fourth-order valence-corrected chi connectivity index (χ4v) is 2.86. The summed E-state index contributed by atoms with van der Waals surface area (Å²) < 4.78 is 0. The van der Waals surface area contributed by atoms with Crippen molar-refractivity contribution in [1.29, 1.82) is 0 Å². The van der Waals surface area contributed by atoms with Gasteiger partial charge in [-0.1, -0.05) is 18.5 Å². The minimum Gasteiger partial charge on any atom is -0.370 e. The Hall–Kier alpha value is -0.670. The molecule has 94 valence electrons. The summed E-state index contributed by atoms with van der Waals surface area (Å²) in [6.07, 6.45) is 4.01. The van der Waals surface area contributed by atoms with E-state index in [0.717, 1.165) is 24.1 Å². The molecule has 1 aromatic carbocycles. The number of nitrogens with zero attached hydrogens (tertiary/aromatic N) is 1. The highest BCUT2D eigenvalue weighted by molar-refractivity contribution is 7.98. The molecule has 0 amide bonds. The lowest BCUT2D eigenvalue weighted by atomic mass is 10.1. The third kappa shape index (κ3) is 3.65. The van der Waals surface area contributed by atoms with Crippen LogP contribution in [0.5, 0.6) is 0 Å². The first-order valence-corrected chi connectivity index (χ1v) is 7.37. The van der Waals surface area contributed by atoms with Gasteiger partial charge >= 0.3 is 0 Å². The molecule has 2 nitrogen and oxygen atoms in total. The first-order valence-electron chi connectivity index (χ1n) is 5.60. The van der Waals surface area contributed by atoms with Crippen LogP contribution in [0.2, 0.25) is 5.02 Å². The topological polar surface area (TPSA) is 20.3 Å². The van der Waals surface area contributed by atoms with Crippen LogP contribution >= 0.6 is 23.4 Å². The molecule has 1 atom stereocenters. The summed E-state index contributed by atoms with van der Waals surface area (Å²) in [7, 11) is 2.03. The summed E-state index contributed by atoms with van der Waals surface area (Å²) in [4.78, 5) is 13.2. The largest absolute Gasteiger partial charge is 0.370 e. The van der Waals surface area contributed by atoms with Gasteiger partial charge in [0.25, 0.3) is 0 Å². The van der Waals surface area contributed by atoms with Crippen molar-refractivity contribution >= 4 is 35.3 Å². The number of anilines is 1. The van der Waals surface area contributed by atoms with Gasteiger partial charge in [-0.3, -0.25) is 4.79 Å². The number of aldehydes is 1. The molecule has 0 saturated heterocycles. The number of thioether (sulfide) groups is 1. The molecule has 0 saturated carbocycles. The molecule has 0 aliphatic heterocycles. The van der Waals surface area contributed by atoms with Crippen LogP contribution < -0.4 is 4.90 Å². The molecule has 0 radical (unpaired) electrons. The van der Waals surface area contributed by atoms with Crippen LogP contribution in [0.25, 0.3) is 0 Å². The van der Waals surface area contributed by atoms with E-state index in [1.165, 1.54) is 0 Å². The Morgan fingerprint density at radius 3 is 2.76 bits per heavy atom. The second-order valence-corrected chi connectivity index (χ2v) is 5.30. The van der Waals surface area contributed by atoms with Gasteiger partial charge in [0.15, 0.2) is 6.29 Å². The summed E-state index contributed by atoms with van der Waals surface area (Å²) in [6.45, 7) is 2.16. The van der Waals surface area contributed by atoms with Gasteiger partial charge < -0.3 is 4.90 Å².